The summed E-state index contributed by atoms with van der Waals surface area (Å²) in [7, 11) is 3.79. The Balaban J connectivity index is 1.71. The third-order valence-corrected chi connectivity index (χ3v) is 6.69. The highest BCUT2D eigenvalue weighted by molar-refractivity contribution is 5.90. The summed E-state index contributed by atoms with van der Waals surface area (Å²) in [6.07, 6.45) is 10.4. The Labute approximate surface area is 191 Å². The minimum atomic E-state index is -0.105. The molecule has 2 N–H and O–H groups in total. The van der Waals surface area contributed by atoms with Gasteiger partial charge in [0.2, 0.25) is 0 Å². The van der Waals surface area contributed by atoms with Crippen molar-refractivity contribution in [3.8, 4) is 0 Å². The van der Waals surface area contributed by atoms with Crippen LogP contribution in [-0.2, 0) is 27.2 Å². The molecule has 1 saturated carbocycles. The molecule has 0 bridgehead atoms. The first-order chi connectivity index (χ1) is 15.0. The number of rotatable bonds is 7. The Hall–Kier alpha value is -2.64. The monoisotopic (exact) mass is 444 g/mol. The molecule has 0 aliphatic heterocycles. The normalized spacial score (nSPS) is 22.5. The summed E-state index contributed by atoms with van der Waals surface area (Å²) in [5, 5.41) is 6.46. The molecule has 0 aromatic carbocycles. The van der Waals surface area contributed by atoms with Gasteiger partial charge in [-0.25, -0.2) is 18.3 Å². The predicted molar refractivity (Wildman–Crippen MR) is 122 cm³/mol. The van der Waals surface area contributed by atoms with Gasteiger partial charge in [-0.3, -0.25) is 9.59 Å². The topological polar surface area (TPSA) is 75.8 Å². The van der Waals surface area contributed by atoms with Crippen molar-refractivity contribution in [2.75, 3.05) is 6.54 Å². The largest absolute Gasteiger partial charge is 0.347 e. The van der Waals surface area contributed by atoms with Gasteiger partial charge in [0, 0.05) is 12.6 Å². The zero-order valence-corrected chi connectivity index (χ0v) is 20.7. The molecule has 2 atom stereocenters. The number of aryl methyl sites for hydroxylation is 4. The highest BCUT2D eigenvalue weighted by Crippen LogP contribution is 2.45. The second-order valence-corrected chi connectivity index (χ2v) is 10.5. The highest BCUT2D eigenvalue weighted by atomic mass is 16.2. The van der Waals surface area contributed by atoms with Gasteiger partial charge in [-0.15, -0.1) is 0 Å². The Bertz CT molecular complexity index is 989. The van der Waals surface area contributed by atoms with Gasteiger partial charge in [0.25, 0.3) is 0 Å². The van der Waals surface area contributed by atoms with Gasteiger partial charge in [0.05, 0.1) is 27.2 Å². The van der Waals surface area contributed by atoms with Crippen LogP contribution in [0, 0.1) is 10.8 Å². The molecule has 8 nitrogen and oxygen atoms in total. The zero-order valence-electron chi connectivity index (χ0n) is 20.7. The number of hydrogen-bond donors (Lipinski definition) is 2. The van der Waals surface area contributed by atoms with E-state index in [0.717, 1.165) is 32.4 Å². The van der Waals surface area contributed by atoms with E-state index >= 15 is 0 Å². The van der Waals surface area contributed by atoms with Crippen LogP contribution in [0.3, 0.4) is 0 Å². The summed E-state index contributed by atoms with van der Waals surface area (Å²) >= 11 is 0. The number of carbonyl (C=O) groups is 2. The van der Waals surface area contributed by atoms with E-state index < -0.39 is 0 Å². The second kappa shape index (κ2) is 9.08. The van der Waals surface area contributed by atoms with Gasteiger partial charge in [-0.1, -0.05) is 20.8 Å². The molecule has 32 heavy (non-hydrogen) atoms. The lowest BCUT2D eigenvalue weighted by Crippen LogP contribution is -2.52. The molecular weight excluding hydrogens is 404 g/mol. The summed E-state index contributed by atoms with van der Waals surface area (Å²) in [6, 6.07) is 0.0592. The molecule has 2 aromatic rings. The number of imidazole rings is 2. The van der Waals surface area contributed by atoms with Crippen LogP contribution < -0.4 is 19.8 Å². The number of nitrogens with zero attached hydrogens (tertiary/aromatic N) is 4. The smallest absolute Gasteiger partial charge is 0.345 e. The molecule has 8 heteroatoms. The van der Waals surface area contributed by atoms with Crippen molar-refractivity contribution < 1.29 is 18.7 Å². The van der Waals surface area contributed by atoms with Crippen molar-refractivity contribution in [3.63, 3.8) is 0 Å². The van der Waals surface area contributed by atoms with Crippen molar-refractivity contribution in [1.82, 2.24) is 19.8 Å². The molecule has 0 spiro atoms. The third-order valence-electron chi connectivity index (χ3n) is 6.69. The molecule has 1 aliphatic rings. The molecule has 0 radical (unpaired) electrons. The lowest BCUT2D eigenvalue weighted by atomic mass is 9.62. The molecule has 2 amide bonds. The van der Waals surface area contributed by atoms with Crippen LogP contribution in [0.5, 0.6) is 0 Å². The zero-order chi connectivity index (χ0) is 23.7. The molecule has 1 fully saturated rings. The third kappa shape index (κ3) is 5.05. The Morgan fingerprint density at radius 2 is 1.50 bits per heavy atom. The summed E-state index contributed by atoms with van der Waals surface area (Å²) in [5.74, 6) is 1.22. The van der Waals surface area contributed by atoms with E-state index in [2.05, 4.69) is 31.4 Å². The summed E-state index contributed by atoms with van der Waals surface area (Å²) in [5.41, 5.74) is -0.0363. The first-order valence-electron chi connectivity index (χ1n) is 11.7. The van der Waals surface area contributed by atoms with Crippen LogP contribution in [0.4, 0.5) is 0 Å². The van der Waals surface area contributed by atoms with E-state index in [9.17, 15) is 9.59 Å². The summed E-state index contributed by atoms with van der Waals surface area (Å²) < 4.78 is 7.65. The van der Waals surface area contributed by atoms with Crippen LogP contribution in [0.1, 0.15) is 75.1 Å². The van der Waals surface area contributed by atoms with Crippen LogP contribution in [-0.4, -0.2) is 33.5 Å². The van der Waals surface area contributed by atoms with E-state index in [4.69, 9.17) is 0 Å². The van der Waals surface area contributed by atoms with E-state index in [1.807, 2.05) is 71.0 Å². The minimum absolute atomic E-state index is 0.0405. The maximum Gasteiger partial charge on any atom is 0.347 e. The van der Waals surface area contributed by atoms with Crippen LogP contribution in [0.15, 0.2) is 24.8 Å². The Kier molecular flexibility index (Phi) is 6.81. The molecule has 2 unspecified atom stereocenters. The second-order valence-electron chi connectivity index (χ2n) is 10.5. The Morgan fingerprint density at radius 1 is 0.969 bits per heavy atom. The van der Waals surface area contributed by atoms with Crippen LogP contribution in [0.2, 0.25) is 0 Å². The number of aromatic nitrogens is 4. The van der Waals surface area contributed by atoms with Crippen molar-refractivity contribution in [2.24, 2.45) is 24.9 Å². The van der Waals surface area contributed by atoms with Crippen molar-refractivity contribution in [1.29, 1.82) is 0 Å². The van der Waals surface area contributed by atoms with E-state index in [0.29, 0.717) is 18.2 Å². The van der Waals surface area contributed by atoms with Crippen molar-refractivity contribution in [2.45, 2.75) is 73.0 Å². The van der Waals surface area contributed by atoms with Gasteiger partial charge in [0.15, 0.2) is 0 Å². The van der Waals surface area contributed by atoms with Crippen molar-refractivity contribution in [3.05, 3.63) is 36.4 Å². The standard InChI is InChI=1S/C24H38N6O2/c1-8-29-12-10-27(6)21(29)19(31)25-17-24(5)15-18(14-23(3,4)16-24)26-20(32)22-28(7)11-13-30(22)9-2/h10-13,18H,8-9,14-17H2,1-7H3/p+2. The van der Waals surface area contributed by atoms with Gasteiger partial charge >= 0.3 is 23.5 Å². The number of amides is 2. The maximum atomic E-state index is 13.1. The lowest BCUT2D eigenvalue weighted by molar-refractivity contribution is -0.673. The summed E-state index contributed by atoms with van der Waals surface area (Å²) in [4.78, 5) is 26.0. The minimum Gasteiger partial charge on any atom is -0.345 e. The van der Waals surface area contributed by atoms with E-state index in [1.54, 1.807) is 0 Å². The fourth-order valence-electron chi connectivity index (χ4n) is 5.63. The first-order valence-corrected chi connectivity index (χ1v) is 11.7. The highest BCUT2D eigenvalue weighted by Gasteiger charge is 2.43. The molecule has 1 aliphatic carbocycles. The average molecular weight is 445 g/mol. The quantitative estimate of drug-likeness (QED) is 0.638. The van der Waals surface area contributed by atoms with Crippen LogP contribution >= 0.6 is 0 Å². The van der Waals surface area contributed by atoms with Gasteiger partial charge < -0.3 is 10.6 Å². The van der Waals surface area contributed by atoms with Gasteiger partial charge in [-0.2, -0.15) is 0 Å². The number of carbonyl (C=O) groups excluding carboxylic acids is 2. The maximum absolute atomic E-state index is 13.1. The molecule has 2 heterocycles. The number of hydrogen-bond acceptors (Lipinski definition) is 2. The first kappa shape index (κ1) is 24.0. The molecule has 2 aromatic heterocycles. The summed E-state index contributed by atoms with van der Waals surface area (Å²) in [6.45, 7) is 12.9. The average Bonchev–Trinajstić information content (AvgIpc) is 3.26. The van der Waals surface area contributed by atoms with Gasteiger partial charge in [-0.05, 0) is 43.9 Å². The predicted octanol–water partition coefficient (Wildman–Crippen LogP) is 1.72. The molecule has 176 valence electrons. The fourth-order valence-corrected chi connectivity index (χ4v) is 5.63. The molecular formula is C24H40N6O2+2. The fraction of sp³-hybridized carbons (Fsp3) is 0.667. The van der Waals surface area contributed by atoms with E-state index in [1.165, 1.54) is 0 Å². The SMILES string of the molecule is CCn1cc[n+](C)c1C(=O)NCC1(C)CC(NC(=O)c2n(CC)cc[n+]2C)CC(C)(C)C1. The van der Waals surface area contributed by atoms with E-state index in [-0.39, 0.29) is 28.7 Å². The molecule has 3 rings (SSSR count). The van der Waals surface area contributed by atoms with Crippen molar-refractivity contribution >= 4 is 11.8 Å². The Morgan fingerprint density at radius 3 is 2.03 bits per heavy atom. The van der Waals surface area contributed by atoms with Crippen LogP contribution in [0.25, 0.3) is 0 Å². The molecule has 0 saturated heterocycles. The number of nitrogens with one attached hydrogen (secondary N) is 2. The lowest BCUT2D eigenvalue weighted by Gasteiger charge is -2.46. The van der Waals surface area contributed by atoms with Gasteiger partial charge in [0.1, 0.15) is 24.8 Å².